The molecular weight excluding hydrogens is 198 g/mol. The first-order chi connectivity index (χ1) is 7.70. The molecule has 0 saturated carbocycles. The molecule has 0 atom stereocenters. The lowest BCUT2D eigenvalue weighted by molar-refractivity contribution is 0.723. The van der Waals surface area contributed by atoms with Crippen molar-refractivity contribution in [2.75, 3.05) is 0 Å². The fraction of sp³-hybridized carbons (Fsp3) is 0.308. The highest BCUT2D eigenvalue weighted by molar-refractivity contribution is 5.30. The molecule has 0 unspecified atom stereocenters. The van der Waals surface area contributed by atoms with Crippen LogP contribution in [0.4, 0.5) is 0 Å². The lowest BCUT2D eigenvalue weighted by Crippen LogP contribution is -2.08. The summed E-state index contributed by atoms with van der Waals surface area (Å²) in [6.45, 7) is 5.59. The lowest BCUT2D eigenvalue weighted by Gasteiger charge is -2.08. The van der Waals surface area contributed by atoms with Crippen LogP contribution >= 0.6 is 0 Å². The predicted octanol–water partition coefficient (Wildman–Crippen LogP) is 2.01. The van der Waals surface area contributed by atoms with Crippen LogP contribution in [0.25, 0.3) is 0 Å². The Hall–Kier alpha value is -1.61. The molecule has 16 heavy (non-hydrogen) atoms. The highest BCUT2D eigenvalue weighted by atomic mass is 15.1. The molecule has 0 aliphatic rings. The van der Waals surface area contributed by atoms with Crippen molar-refractivity contribution in [3.63, 3.8) is 0 Å². The number of nitrogens with two attached hydrogens (primary N) is 1. The lowest BCUT2D eigenvalue weighted by atomic mass is 10.1. The van der Waals surface area contributed by atoms with Crippen LogP contribution in [0.1, 0.15) is 22.5 Å². The summed E-state index contributed by atoms with van der Waals surface area (Å²) >= 11 is 0. The Balaban J connectivity index is 2.24. The second-order valence-electron chi connectivity index (χ2n) is 4.09. The van der Waals surface area contributed by atoms with Crippen molar-refractivity contribution in [2.24, 2.45) is 5.73 Å². The zero-order valence-corrected chi connectivity index (χ0v) is 9.77. The minimum atomic E-state index is 0.484. The Labute approximate surface area is 95.9 Å². The van der Waals surface area contributed by atoms with E-state index in [0.717, 1.165) is 12.4 Å². The monoisotopic (exact) mass is 215 g/mol. The number of benzene rings is 1. The summed E-state index contributed by atoms with van der Waals surface area (Å²) in [5.74, 6) is 0.929. The number of nitrogens with zero attached hydrogens (tertiary/aromatic N) is 2. The Morgan fingerprint density at radius 3 is 2.75 bits per heavy atom. The number of hydrogen-bond acceptors (Lipinski definition) is 2. The van der Waals surface area contributed by atoms with Crippen molar-refractivity contribution >= 4 is 0 Å². The van der Waals surface area contributed by atoms with E-state index in [2.05, 4.69) is 41.6 Å². The quantitative estimate of drug-likeness (QED) is 0.851. The molecule has 2 aromatic rings. The maximum atomic E-state index is 5.62. The molecule has 84 valence electrons. The molecule has 3 nitrogen and oxygen atoms in total. The van der Waals surface area contributed by atoms with Gasteiger partial charge in [0.15, 0.2) is 0 Å². The van der Waals surface area contributed by atoms with Crippen molar-refractivity contribution < 1.29 is 0 Å². The van der Waals surface area contributed by atoms with Gasteiger partial charge in [-0.3, -0.25) is 0 Å². The molecule has 0 aliphatic carbocycles. The van der Waals surface area contributed by atoms with Gasteiger partial charge in [0.05, 0.1) is 6.54 Å². The normalized spacial score (nSPS) is 10.7. The van der Waals surface area contributed by atoms with Crippen molar-refractivity contribution in [3.8, 4) is 0 Å². The van der Waals surface area contributed by atoms with Gasteiger partial charge in [0, 0.05) is 18.9 Å². The first kappa shape index (κ1) is 10.9. The topological polar surface area (TPSA) is 43.8 Å². The van der Waals surface area contributed by atoms with E-state index >= 15 is 0 Å². The van der Waals surface area contributed by atoms with Gasteiger partial charge in [0.2, 0.25) is 0 Å². The minimum Gasteiger partial charge on any atom is -0.329 e. The van der Waals surface area contributed by atoms with E-state index in [-0.39, 0.29) is 0 Å². The van der Waals surface area contributed by atoms with Gasteiger partial charge in [-0.25, -0.2) is 4.98 Å². The average Bonchev–Trinajstić information content (AvgIpc) is 2.71. The van der Waals surface area contributed by atoms with Crippen LogP contribution in [-0.4, -0.2) is 9.55 Å². The Kier molecular flexibility index (Phi) is 3.06. The molecule has 0 spiro atoms. The summed E-state index contributed by atoms with van der Waals surface area (Å²) in [7, 11) is 0. The fourth-order valence-corrected chi connectivity index (χ4v) is 1.77. The Bertz CT molecular complexity index is 486. The summed E-state index contributed by atoms with van der Waals surface area (Å²) in [5.41, 5.74) is 9.56. The zero-order valence-electron chi connectivity index (χ0n) is 9.77. The van der Waals surface area contributed by atoms with E-state index in [4.69, 9.17) is 5.73 Å². The minimum absolute atomic E-state index is 0.484. The summed E-state index contributed by atoms with van der Waals surface area (Å²) in [6.07, 6.45) is 3.76. The second-order valence-corrected chi connectivity index (χ2v) is 4.09. The van der Waals surface area contributed by atoms with Gasteiger partial charge < -0.3 is 10.3 Å². The molecule has 3 heteroatoms. The highest BCUT2D eigenvalue weighted by Crippen LogP contribution is 2.11. The van der Waals surface area contributed by atoms with Gasteiger partial charge in [0.25, 0.3) is 0 Å². The van der Waals surface area contributed by atoms with E-state index in [1.54, 1.807) is 6.20 Å². The molecule has 0 radical (unpaired) electrons. The van der Waals surface area contributed by atoms with Gasteiger partial charge in [-0.2, -0.15) is 0 Å². The van der Waals surface area contributed by atoms with Crippen LogP contribution in [0.5, 0.6) is 0 Å². The second kappa shape index (κ2) is 4.49. The maximum absolute atomic E-state index is 5.62. The van der Waals surface area contributed by atoms with Crippen molar-refractivity contribution in [2.45, 2.75) is 26.9 Å². The Morgan fingerprint density at radius 1 is 1.25 bits per heavy atom. The van der Waals surface area contributed by atoms with Gasteiger partial charge in [-0.05, 0) is 30.5 Å². The summed E-state index contributed by atoms with van der Waals surface area (Å²) in [6, 6.07) is 6.53. The maximum Gasteiger partial charge on any atom is 0.122 e. The molecule has 0 fully saturated rings. The smallest absolute Gasteiger partial charge is 0.122 e. The number of imidazole rings is 1. The van der Waals surface area contributed by atoms with Gasteiger partial charge in [-0.1, -0.05) is 18.2 Å². The largest absolute Gasteiger partial charge is 0.329 e. The van der Waals surface area contributed by atoms with Crippen LogP contribution in [0.2, 0.25) is 0 Å². The van der Waals surface area contributed by atoms with Crippen LogP contribution in [0.15, 0.2) is 30.6 Å². The molecular formula is C13H17N3. The first-order valence-corrected chi connectivity index (χ1v) is 5.47. The summed E-state index contributed by atoms with van der Waals surface area (Å²) in [4.78, 5) is 4.21. The molecule has 1 aromatic carbocycles. The third-order valence-electron chi connectivity index (χ3n) is 2.91. The number of hydrogen-bond donors (Lipinski definition) is 1. The van der Waals surface area contributed by atoms with Gasteiger partial charge in [-0.15, -0.1) is 0 Å². The van der Waals surface area contributed by atoms with E-state index in [1.807, 2.05) is 6.20 Å². The van der Waals surface area contributed by atoms with Gasteiger partial charge in [0.1, 0.15) is 5.82 Å². The third-order valence-corrected chi connectivity index (χ3v) is 2.91. The van der Waals surface area contributed by atoms with E-state index in [0.29, 0.717) is 6.54 Å². The number of aryl methyl sites for hydroxylation is 2. The highest BCUT2D eigenvalue weighted by Gasteiger charge is 2.02. The van der Waals surface area contributed by atoms with E-state index in [1.165, 1.54) is 16.7 Å². The van der Waals surface area contributed by atoms with Crippen molar-refractivity contribution in [1.82, 2.24) is 9.55 Å². The summed E-state index contributed by atoms with van der Waals surface area (Å²) in [5, 5.41) is 0. The van der Waals surface area contributed by atoms with E-state index < -0.39 is 0 Å². The summed E-state index contributed by atoms with van der Waals surface area (Å²) < 4.78 is 2.09. The van der Waals surface area contributed by atoms with Crippen LogP contribution in [0, 0.1) is 13.8 Å². The van der Waals surface area contributed by atoms with E-state index in [9.17, 15) is 0 Å². The first-order valence-electron chi connectivity index (χ1n) is 5.47. The number of rotatable bonds is 3. The van der Waals surface area contributed by atoms with Crippen LogP contribution in [-0.2, 0) is 13.1 Å². The molecule has 0 bridgehead atoms. The predicted molar refractivity (Wildman–Crippen MR) is 65.1 cm³/mol. The molecule has 1 aromatic heterocycles. The van der Waals surface area contributed by atoms with Crippen molar-refractivity contribution in [1.29, 1.82) is 0 Å². The third kappa shape index (κ3) is 2.14. The van der Waals surface area contributed by atoms with Crippen molar-refractivity contribution in [3.05, 3.63) is 53.1 Å². The molecule has 2 N–H and O–H groups in total. The molecule has 1 heterocycles. The Morgan fingerprint density at radius 2 is 2.06 bits per heavy atom. The van der Waals surface area contributed by atoms with Gasteiger partial charge >= 0.3 is 0 Å². The molecule has 0 saturated heterocycles. The standard InChI is InChI=1S/C13H17N3/c1-10-3-4-12(7-11(10)2)9-16-6-5-15-13(16)8-14/h3-7H,8-9,14H2,1-2H3. The fourth-order valence-electron chi connectivity index (χ4n) is 1.77. The zero-order chi connectivity index (χ0) is 11.5. The van der Waals surface area contributed by atoms with Crippen LogP contribution < -0.4 is 5.73 Å². The number of aromatic nitrogens is 2. The average molecular weight is 215 g/mol. The van der Waals surface area contributed by atoms with Crippen LogP contribution in [0.3, 0.4) is 0 Å². The molecule has 0 amide bonds. The molecule has 0 aliphatic heterocycles. The molecule has 2 rings (SSSR count). The SMILES string of the molecule is Cc1ccc(Cn2ccnc2CN)cc1C.